The molecule has 94 valence electrons. The van der Waals surface area contributed by atoms with Crippen LogP contribution in [0, 0.1) is 0 Å². The summed E-state index contributed by atoms with van der Waals surface area (Å²) in [5, 5.41) is 2.62. The number of nitrogens with one attached hydrogen (secondary N) is 1. The maximum Gasteiger partial charge on any atom is 0.231 e. The van der Waals surface area contributed by atoms with E-state index in [9.17, 15) is 9.59 Å². The first-order valence-corrected chi connectivity index (χ1v) is 5.60. The molecule has 18 heavy (non-hydrogen) atoms. The first-order valence-electron chi connectivity index (χ1n) is 5.60. The molecule has 3 N–H and O–H groups in total. The summed E-state index contributed by atoms with van der Waals surface area (Å²) in [6.45, 7) is 1.51. The van der Waals surface area contributed by atoms with Gasteiger partial charge in [-0.15, -0.1) is 0 Å². The van der Waals surface area contributed by atoms with Gasteiger partial charge in [-0.1, -0.05) is 0 Å². The van der Waals surface area contributed by atoms with Crippen molar-refractivity contribution in [3.05, 3.63) is 17.2 Å². The van der Waals surface area contributed by atoms with E-state index in [2.05, 4.69) is 5.32 Å². The van der Waals surface area contributed by atoms with Crippen molar-refractivity contribution in [2.75, 3.05) is 12.5 Å². The Morgan fingerprint density at radius 3 is 3.00 bits per heavy atom. The minimum atomic E-state index is -0.560. The number of carbonyl (C=O) groups excluding carboxylic acids is 2. The average molecular weight is 248 g/mol. The number of rotatable bonds is 1. The van der Waals surface area contributed by atoms with E-state index in [0.717, 1.165) is 5.56 Å². The predicted octanol–water partition coefficient (Wildman–Crippen LogP) is 0.241. The largest absolute Gasteiger partial charge is 0.454 e. The van der Waals surface area contributed by atoms with Gasteiger partial charge in [0.25, 0.3) is 0 Å². The van der Waals surface area contributed by atoms with Crippen LogP contribution in [-0.4, -0.2) is 24.5 Å². The molecule has 3 rings (SSSR count). The lowest BCUT2D eigenvalue weighted by molar-refractivity contribution is -0.119. The van der Waals surface area contributed by atoms with Gasteiger partial charge < -0.3 is 20.5 Å². The number of carbonyl (C=O) groups is 2. The predicted molar refractivity (Wildman–Crippen MR) is 62.6 cm³/mol. The second kappa shape index (κ2) is 3.63. The van der Waals surface area contributed by atoms with E-state index in [1.807, 2.05) is 0 Å². The highest BCUT2D eigenvalue weighted by molar-refractivity contribution is 6.10. The Bertz CT molecular complexity index is 568. The van der Waals surface area contributed by atoms with Crippen molar-refractivity contribution in [3.8, 4) is 11.5 Å². The van der Waals surface area contributed by atoms with Crippen LogP contribution in [0.4, 0.5) is 5.69 Å². The van der Waals surface area contributed by atoms with E-state index in [0.29, 0.717) is 29.2 Å². The number of hydrogen-bond donors (Lipinski definition) is 2. The fourth-order valence-corrected chi connectivity index (χ4v) is 2.45. The number of Topliss-reactive ketones (excluding diaryl/α,β-unsaturated/α-hetero) is 1. The summed E-state index contributed by atoms with van der Waals surface area (Å²) in [6.07, 6.45) is 0.393. The van der Waals surface area contributed by atoms with Gasteiger partial charge in [0.15, 0.2) is 17.3 Å². The molecule has 1 atom stereocenters. The van der Waals surface area contributed by atoms with Gasteiger partial charge in [0.2, 0.25) is 12.7 Å². The third-order valence-electron chi connectivity index (χ3n) is 3.14. The Morgan fingerprint density at radius 2 is 2.28 bits per heavy atom. The monoisotopic (exact) mass is 248 g/mol. The van der Waals surface area contributed by atoms with Crippen molar-refractivity contribution >= 4 is 17.4 Å². The number of ether oxygens (including phenoxy) is 2. The lowest BCUT2D eigenvalue weighted by Crippen LogP contribution is -2.37. The van der Waals surface area contributed by atoms with Crippen molar-refractivity contribution in [1.82, 2.24) is 5.32 Å². The molecule has 1 aromatic rings. The van der Waals surface area contributed by atoms with Gasteiger partial charge in [-0.05, 0) is 0 Å². The van der Waals surface area contributed by atoms with Crippen LogP contribution in [-0.2, 0) is 11.2 Å². The number of anilines is 1. The molecule has 1 amide bonds. The standard InChI is InChI=1S/C12H12N2O4/c1-5(15)14-8-2-6-10(11(8)16)7(13)3-9-12(6)18-4-17-9/h3,8H,2,4,13H2,1H3,(H,14,15)/t8-/m1/s1. The molecule has 1 aliphatic heterocycles. The summed E-state index contributed by atoms with van der Waals surface area (Å²) in [4.78, 5) is 23.2. The summed E-state index contributed by atoms with van der Waals surface area (Å²) < 4.78 is 10.6. The smallest absolute Gasteiger partial charge is 0.231 e. The van der Waals surface area contributed by atoms with Gasteiger partial charge in [0, 0.05) is 36.2 Å². The van der Waals surface area contributed by atoms with Gasteiger partial charge in [0.05, 0.1) is 6.04 Å². The zero-order valence-electron chi connectivity index (χ0n) is 9.78. The van der Waals surface area contributed by atoms with Gasteiger partial charge >= 0.3 is 0 Å². The molecule has 0 saturated carbocycles. The quantitative estimate of drug-likeness (QED) is 0.695. The van der Waals surface area contributed by atoms with Crippen LogP contribution in [0.25, 0.3) is 0 Å². The molecule has 1 heterocycles. The lowest BCUT2D eigenvalue weighted by atomic mass is 10.1. The molecule has 0 bridgehead atoms. The maximum atomic E-state index is 12.2. The van der Waals surface area contributed by atoms with Crippen LogP contribution in [0.2, 0.25) is 0 Å². The highest BCUT2D eigenvalue weighted by Gasteiger charge is 2.38. The van der Waals surface area contributed by atoms with Crippen molar-refractivity contribution < 1.29 is 19.1 Å². The second-order valence-electron chi connectivity index (χ2n) is 4.37. The van der Waals surface area contributed by atoms with E-state index < -0.39 is 6.04 Å². The molecule has 1 aliphatic carbocycles. The Balaban J connectivity index is 2.07. The molecule has 6 heteroatoms. The van der Waals surface area contributed by atoms with E-state index in [4.69, 9.17) is 15.2 Å². The number of nitrogens with two attached hydrogens (primary N) is 1. The minimum absolute atomic E-state index is 0.129. The Morgan fingerprint density at radius 1 is 1.50 bits per heavy atom. The molecule has 0 aromatic heterocycles. The topological polar surface area (TPSA) is 90.7 Å². The van der Waals surface area contributed by atoms with Crippen LogP contribution < -0.4 is 20.5 Å². The molecule has 0 saturated heterocycles. The fourth-order valence-electron chi connectivity index (χ4n) is 2.45. The fraction of sp³-hybridized carbons (Fsp3) is 0.333. The van der Waals surface area contributed by atoms with Crippen LogP contribution in [0.1, 0.15) is 22.8 Å². The van der Waals surface area contributed by atoms with Crippen molar-refractivity contribution in [1.29, 1.82) is 0 Å². The molecule has 6 nitrogen and oxygen atoms in total. The van der Waals surface area contributed by atoms with Crippen molar-refractivity contribution in [2.45, 2.75) is 19.4 Å². The van der Waals surface area contributed by atoms with Gasteiger partial charge in [-0.2, -0.15) is 0 Å². The first kappa shape index (κ1) is 10.9. The molecular formula is C12H12N2O4. The van der Waals surface area contributed by atoms with Crippen LogP contribution in [0.3, 0.4) is 0 Å². The number of nitrogen functional groups attached to an aromatic ring is 1. The molecule has 0 unspecified atom stereocenters. The van der Waals surface area contributed by atoms with Crippen LogP contribution in [0.5, 0.6) is 11.5 Å². The van der Waals surface area contributed by atoms with Crippen molar-refractivity contribution in [2.24, 2.45) is 0 Å². The average Bonchev–Trinajstić information content (AvgIpc) is 2.84. The molecule has 2 aliphatic rings. The zero-order chi connectivity index (χ0) is 12.9. The number of amides is 1. The number of hydrogen-bond acceptors (Lipinski definition) is 5. The summed E-state index contributed by atoms with van der Waals surface area (Å²) in [5.41, 5.74) is 7.40. The van der Waals surface area contributed by atoms with E-state index in [1.54, 1.807) is 6.07 Å². The molecule has 0 spiro atoms. The third kappa shape index (κ3) is 1.42. The second-order valence-corrected chi connectivity index (χ2v) is 4.37. The first-order chi connectivity index (χ1) is 8.58. The van der Waals surface area contributed by atoms with E-state index in [1.165, 1.54) is 6.92 Å². The Kier molecular flexibility index (Phi) is 2.19. The highest BCUT2D eigenvalue weighted by Crippen LogP contribution is 2.44. The zero-order valence-corrected chi connectivity index (χ0v) is 9.78. The Labute approximate surface area is 103 Å². The van der Waals surface area contributed by atoms with E-state index in [-0.39, 0.29) is 18.5 Å². The van der Waals surface area contributed by atoms with Gasteiger partial charge in [-0.3, -0.25) is 9.59 Å². The SMILES string of the molecule is CC(=O)N[C@@H]1Cc2c3c(cc(N)c2C1=O)OCO3. The number of ketones is 1. The van der Waals surface area contributed by atoms with Gasteiger partial charge in [-0.25, -0.2) is 0 Å². The number of fused-ring (bicyclic) bond motifs is 3. The molecule has 0 radical (unpaired) electrons. The molecule has 1 aromatic carbocycles. The lowest BCUT2D eigenvalue weighted by Gasteiger charge is -2.07. The van der Waals surface area contributed by atoms with E-state index >= 15 is 0 Å². The molecule has 0 fully saturated rings. The third-order valence-corrected chi connectivity index (χ3v) is 3.14. The summed E-state index contributed by atoms with van der Waals surface area (Å²) in [7, 11) is 0. The number of benzene rings is 1. The summed E-state index contributed by atoms with van der Waals surface area (Å²) >= 11 is 0. The highest BCUT2D eigenvalue weighted by atomic mass is 16.7. The summed E-state index contributed by atoms with van der Waals surface area (Å²) in [6, 6.07) is 1.03. The van der Waals surface area contributed by atoms with Gasteiger partial charge in [0.1, 0.15) is 0 Å². The van der Waals surface area contributed by atoms with Crippen molar-refractivity contribution in [3.63, 3.8) is 0 Å². The molecular weight excluding hydrogens is 236 g/mol. The summed E-state index contributed by atoms with van der Waals surface area (Å²) in [5.74, 6) is 0.715. The van der Waals surface area contributed by atoms with Crippen LogP contribution >= 0.6 is 0 Å². The normalized spacial score (nSPS) is 19.8. The maximum absolute atomic E-state index is 12.2. The Hall–Kier alpha value is -2.24. The minimum Gasteiger partial charge on any atom is -0.454 e. The van der Waals surface area contributed by atoms with Crippen LogP contribution in [0.15, 0.2) is 6.07 Å².